The van der Waals surface area contributed by atoms with Crippen LogP contribution in [0.25, 0.3) is 0 Å². The predicted octanol–water partition coefficient (Wildman–Crippen LogP) is -1.27. The highest BCUT2D eigenvalue weighted by molar-refractivity contribution is 4.73. The van der Waals surface area contributed by atoms with Gasteiger partial charge in [0.15, 0.2) is 0 Å². The predicted molar refractivity (Wildman–Crippen MR) is 48.2 cm³/mol. The van der Waals surface area contributed by atoms with Crippen LogP contribution in [0, 0.1) is 5.92 Å². The summed E-state index contributed by atoms with van der Waals surface area (Å²) in [6.45, 7) is 3.04. The van der Waals surface area contributed by atoms with E-state index >= 15 is 0 Å². The maximum absolute atomic E-state index is 8.90. The van der Waals surface area contributed by atoms with Crippen molar-refractivity contribution in [3.63, 3.8) is 0 Å². The SMILES string of the molecule is CONCC1CN[C@H](CO)COC1. The standard InChI is InChI=1S/C8H18N2O3/c1-12-10-3-7-2-9-8(4-11)6-13-5-7/h7-11H,2-6H2,1H3/t7?,8-/m1/s1. The number of ether oxygens (including phenoxy) is 1. The Bertz CT molecular complexity index is 135. The van der Waals surface area contributed by atoms with E-state index in [1.54, 1.807) is 7.11 Å². The first-order valence-electron chi connectivity index (χ1n) is 4.54. The number of nitrogens with one attached hydrogen (secondary N) is 2. The number of aliphatic hydroxyl groups is 1. The molecule has 13 heavy (non-hydrogen) atoms. The van der Waals surface area contributed by atoms with Crippen molar-refractivity contribution in [1.29, 1.82) is 0 Å². The van der Waals surface area contributed by atoms with Gasteiger partial charge in [0.25, 0.3) is 0 Å². The maximum atomic E-state index is 8.90. The van der Waals surface area contributed by atoms with E-state index in [1.807, 2.05) is 0 Å². The lowest BCUT2D eigenvalue weighted by molar-refractivity contribution is 0.0550. The van der Waals surface area contributed by atoms with Crippen LogP contribution in [0.1, 0.15) is 0 Å². The van der Waals surface area contributed by atoms with Crippen molar-refractivity contribution in [3.05, 3.63) is 0 Å². The molecule has 5 heteroatoms. The second-order valence-electron chi connectivity index (χ2n) is 3.24. The molecule has 0 bridgehead atoms. The molecule has 0 aliphatic carbocycles. The van der Waals surface area contributed by atoms with Gasteiger partial charge in [-0.15, -0.1) is 0 Å². The molecule has 0 radical (unpaired) electrons. The first-order chi connectivity index (χ1) is 6.36. The van der Waals surface area contributed by atoms with E-state index in [-0.39, 0.29) is 12.6 Å². The fourth-order valence-corrected chi connectivity index (χ4v) is 1.28. The summed E-state index contributed by atoms with van der Waals surface area (Å²) in [6, 6.07) is 0.0764. The Morgan fingerprint density at radius 1 is 1.62 bits per heavy atom. The Morgan fingerprint density at radius 3 is 3.15 bits per heavy atom. The number of hydroxylamine groups is 1. The molecule has 1 unspecified atom stereocenters. The van der Waals surface area contributed by atoms with Gasteiger partial charge in [0.2, 0.25) is 0 Å². The van der Waals surface area contributed by atoms with Crippen LogP contribution in [-0.4, -0.2) is 51.2 Å². The van der Waals surface area contributed by atoms with Crippen molar-refractivity contribution in [2.45, 2.75) is 6.04 Å². The van der Waals surface area contributed by atoms with Gasteiger partial charge in [0, 0.05) is 19.0 Å². The lowest BCUT2D eigenvalue weighted by atomic mass is 10.1. The smallest absolute Gasteiger partial charge is 0.0642 e. The molecule has 1 fully saturated rings. The van der Waals surface area contributed by atoms with Crippen molar-refractivity contribution in [2.75, 3.05) is 40.0 Å². The minimum atomic E-state index is 0.0764. The van der Waals surface area contributed by atoms with Crippen molar-refractivity contribution in [3.8, 4) is 0 Å². The molecule has 1 saturated heterocycles. The van der Waals surface area contributed by atoms with Gasteiger partial charge in [0.1, 0.15) is 0 Å². The van der Waals surface area contributed by atoms with Crippen molar-refractivity contribution >= 4 is 0 Å². The molecule has 5 nitrogen and oxygen atoms in total. The summed E-state index contributed by atoms with van der Waals surface area (Å²) in [5, 5.41) is 12.1. The summed E-state index contributed by atoms with van der Waals surface area (Å²) in [4.78, 5) is 4.76. The summed E-state index contributed by atoms with van der Waals surface area (Å²) in [7, 11) is 1.60. The molecule has 0 amide bonds. The number of hydrogen-bond donors (Lipinski definition) is 3. The van der Waals surface area contributed by atoms with E-state index in [2.05, 4.69) is 10.8 Å². The average Bonchev–Trinajstić information content (AvgIpc) is 2.39. The monoisotopic (exact) mass is 190 g/mol. The molecule has 78 valence electrons. The number of rotatable bonds is 4. The van der Waals surface area contributed by atoms with E-state index < -0.39 is 0 Å². The Morgan fingerprint density at radius 2 is 2.46 bits per heavy atom. The van der Waals surface area contributed by atoms with Gasteiger partial charge in [-0.05, 0) is 0 Å². The molecule has 0 saturated carbocycles. The summed E-state index contributed by atoms with van der Waals surface area (Å²) >= 11 is 0. The minimum Gasteiger partial charge on any atom is -0.395 e. The van der Waals surface area contributed by atoms with Gasteiger partial charge in [-0.25, -0.2) is 5.48 Å². The van der Waals surface area contributed by atoms with Gasteiger partial charge < -0.3 is 20.0 Å². The zero-order valence-electron chi connectivity index (χ0n) is 7.95. The quantitative estimate of drug-likeness (QED) is 0.483. The summed E-state index contributed by atoms with van der Waals surface area (Å²) < 4.78 is 5.39. The fraction of sp³-hybridized carbons (Fsp3) is 1.00. The largest absolute Gasteiger partial charge is 0.395 e. The van der Waals surface area contributed by atoms with Gasteiger partial charge in [-0.3, -0.25) is 0 Å². The average molecular weight is 190 g/mol. The topological polar surface area (TPSA) is 62.8 Å². The van der Waals surface area contributed by atoms with E-state index in [9.17, 15) is 0 Å². The van der Waals surface area contributed by atoms with Crippen LogP contribution < -0.4 is 10.8 Å². The molecular formula is C8H18N2O3. The molecule has 0 aromatic rings. The summed E-state index contributed by atoms with van der Waals surface area (Å²) in [6.07, 6.45) is 0. The van der Waals surface area contributed by atoms with E-state index in [0.717, 1.165) is 13.1 Å². The van der Waals surface area contributed by atoms with Gasteiger partial charge in [-0.1, -0.05) is 0 Å². The van der Waals surface area contributed by atoms with Gasteiger partial charge in [0.05, 0.1) is 33.0 Å². The molecule has 3 N–H and O–H groups in total. The Hall–Kier alpha value is -0.200. The Balaban J connectivity index is 2.19. The molecule has 0 aromatic heterocycles. The van der Waals surface area contributed by atoms with Crippen LogP contribution in [-0.2, 0) is 9.57 Å². The Kier molecular flexibility index (Phi) is 5.26. The minimum absolute atomic E-state index is 0.0764. The molecule has 1 rings (SSSR count). The molecular weight excluding hydrogens is 172 g/mol. The van der Waals surface area contributed by atoms with E-state index in [4.69, 9.17) is 14.7 Å². The van der Waals surface area contributed by atoms with Crippen LogP contribution >= 0.6 is 0 Å². The lowest BCUT2D eigenvalue weighted by Gasteiger charge is -2.14. The van der Waals surface area contributed by atoms with Crippen molar-refractivity contribution < 1.29 is 14.7 Å². The Labute approximate surface area is 78.4 Å². The summed E-state index contributed by atoms with van der Waals surface area (Å²) in [5.74, 6) is 0.400. The highest BCUT2D eigenvalue weighted by Crippen LogP contribution is 2.01. The van der Waals surface area contributed by atoms with Crippen molar-refractivity contribution in [2.24, 2.45) is 5.92 Å². The molecule has 0 aromatic carbocycles. The molecule has 1 aliphatic heterocycles. The summed E-state index contributed by atoms with van der Waals surface area (Å²) in [5.41, 5.74) is 2.80. The number of aliphatic hydroxyl groups excluding tert-OH is 1. The van der Waals surface area contributed by atoms with Crippen LogP contribution in [0.3, 0.4) is 0 Å². The van der Waals surface area contributed by atoms with Crippen LogP contribution in [0.15, 0.2) is 0 Å². The van der Waals surface area contributed by atoms with Crippen LogP contribution in [0.2, 0.25) is 0 Å². The fourth-order valence-electron chi connectivity index (χ4n) is 1.28. The van der Waals surface area contributed by atoms with Crippen LogP contribution in [0.5, 0.6) is 0 Å². The third kappa shape index (κ3) is 4.02. The lowest BCUT2D eigenvalue weighted by Crippen LogP contribution is -2.38. The zero-order valence-corrected chi connectivity index (χ0v) is 7.95. The molecule has 1 aliphatic rings. The van der Waals surface area contributed by atoms with E-state index in [0.29, 0.717) is 19.1 Å². The third-order valence-electron chi connectivity index (χ3n) is 2.10. The normalized spacial score (nSPS) is 30.0. The zero-order chi connectivity index (χ0) is 9.52. The first-order valence-corrected chi connectivity index (χ1v) is 4.54. The van der Waals surface area contributed by atoms with Crippen molar-refractivity contribution in [1.82, 2.24) is 10.8 Å². The number of hydrogen-bond acceptors (Lipinski definition) is 5. The maximum Gasteiger partial charge on any atom is 0.0642 e. The highest BCUT2D eigenvalue weighted by atomic mass is 16.6. The first kappa shape index (κ1) is 10.9. The van der Waals surface area contributed by atoms with Gasteiger partial charge >= 0.3 is 0 Å². The second kappa shape index (κ2) is 6.28. The van der Waals surface area contributed by atoms with Crippen LogP contribution in [0.4, 0.5) is 0 Å². The molecule has 0 spiro atoms. The van der Waals surface area contributed by atoms with Gasteiger partial charge in [-0.2, -0.15) is 0 Å². The molecule has 2 atom stereocenters. The molecule has 1 heterocycles. The highest BCUT2D eigenvalue weighted by Gasteiger charge is 2.17. The third-order valence-corrected chi connectivity index (χ3v) is 2.10. The second-order valence-corrected chi connectivity index (χ2v) is 3.24. The van der Waals surface area contributed by atoms with E-state index in [1.165, 1.54) is 0 Å².